The summed E-state index contributed by atoms with van der Waals surface area (Å²) in [5.41, 5.74) is 6.50. The lowest BCUT2D eigenvalue weighted by Gasteiger charge is -2.13. The number of halogens is 1. The molecule has 0 amide bonds. The van der Waals surface area contributed by atoms with E-state index in [2.05, 4.69) is 15.9 Å². The number of esters is 1. The quantitative estimate of drug-likeness (QED) is 0.671. The van der Waals surface area contributed by atoms with Gasteiger partial charge in [0.1, 0.15) is 6.10 Å². The van der Waals surface area contributed by atoms with Gasteiger partial charge >= 0.3 is 5.97 Å². The normalized spacial score (nSPS) is 12.2. The molecule has 1 aromatic rings. The summed E-state index contributed by atoms with van der Waals surface area (Å²) in [6.07, 6.45) is -0.287. The van der Waals surface area contributed by atoms with Crippen molar-refractivity contribution in [1.82, 2.24) is 0 Å². The summed E-state index contributed by atoms with van der Waals surface area (Å²) >= 11 is 3.28. The van der Waals surface area contributed by atoms with Crippen molar-refractivity contribution in [1.29, 1.82) is 0 Å². The van der Waals surface area contributed by atoms with Gasteiger partial charge < -0.3 is 15.2 Å². The molecule has 1 aromatic carbocycles. The van der Waals surface area contributed by atoms with Crippen LogP contribution in [0, 0.1) is 0 Å². The molecule has 1 unspecified atom stereocenters. The van der Waals surface area contributed by atoms with Crippen LogP contribution >= 0.6 is 15.9 Å². The first-order chi connectivity index (χ1) is 8.04. The highest BCUT2D eigenvalue weighted by Crippen LogP contribution is 2.19. The molecule has 5 heteroatoms. The van der Waals surface area contributed by atoms with E-state index in [0.29, 0.717) is 24.5 Å². The molecule has 1 atom stereocenters. The molecular weight excluding hydrogens is 286 g/mol. The number of nitrogens with two attached hydrogens (primary N) is 1. The molecule has 94 valence electrons. The zero-order chi connectivity index (χ0) is 12.8. The van der Waals surface area contributed by atoms with E-state index in [0.717, 1.165) is 4.47 Å². The van der Waals surface area contributed by atoms with E-state index in [9.17, 15) is 4.79 Å². The predicted molar refractivity (Wildman–Crippen MR) is 69.9 cm³/mol. The van der Waals surface area contributed by atoms with Gasteiger partial charge in [0.2, 0.25) is 0 Å². The van der Waals surface area contributed by atoms with E-state index in [1.54, 1.807) is 25.1 Å². The van der Waals surface area contributed by atoms with Gasteiger partial charge in [0.05, 0.1) is 12.2 Å². The molecule has 0 saturated carbocycles. The zero-order valence-electron chi connectivity index (χ0n) is 9.90. The summed E-state index contributed by atoms with van der Waals surface area (Å²) in [5.74, 6) is -0.429. The number of hydrogen-bond acceptors (Lipinski definition) is 4. The Labute approximate surface area is 109 Å². The lowest BCUT2D eigenvalue weighted by atomic mass is 10.2. The first-order valence-electron chi connectivity index (χ1n) is 5.38. The van der Waals surface area contributed by atoms with Gasteiger partial charge in [-0.05, 0) is 32.0 Å². The molecule has 0 aliphatic heterocycles. The van der Waals surface area contributed by atoms with Gasteiger partial charge in [-0.15, -0.1) is 0 Å². The number of rotatable bonds is 5. The summed E-state index contributed by atoms with van der Waals surface area (Å²) < 4.78 is 11.2. The van der Waals surface area contributed by atoms with Crippen LogP contribution in [0.5, 0.6) is 0 Å². The van der Waals surface area contributed by atoms with E-state index in [1.807, 2.05) is 6.92 Å². The highest BCUT2D eigenvalue weighted by atomic mass is 79.9. The highest BCUT2D eigenvalue weighted by Gasteiger charge is 2.14. The molecule has 17 heavy (non-hydrogen) atoms. The van der Waals surface area contributed by atoms with E-state index in [1.165, 1.54) is 0 Å². The van der Waals surface area contributed by atoms with Gasteiger partial charge in [0.25, 0.3) is 0 Å². The van der Waals surface area contributed by atoms with Crippen LogP contribution in [0.25, 0.3) is 0 Å². The second-order valence-electron chi connectivity index (χ2n) is 3.61. The highest BCUT2D eigenvalue weighted by molar-refractivity contribution is 9.10. The average molecular weight is 302 g/mol. The molecular formula is C12H16BrNO3. The molecule has 0 aliphatic rings. The minimum Gasteiger partial charge on any atom is -0.457 e. The summed E-state index contributed by atoms with van der Waals surface area (Å²) in [5, 5.41) is 0. The Morgan fingerprint density at radius 1 is 1.53 bits per heavy atom. The van der Waals surface area contributed by atoms with Gasteiger partial charge in [-0.3, -0.25) is 0 Å². The van der Waals surface area contributed by atoms with Crippen molar-refractivity contribution in [3.8, 4) is 0 Å². The third kappa shape index (κ3) is 4.36. The van der Waals surface area contributed by atoms with E-state index < -0.39 is 5.97 Å². The Hall–Kier alpha value is -1.07. The second-order valence-corrected chi connectivity index (χ2v) is 4.52. The molecule has 0 fully saturated rings. The maximum atomic E-state index is 11.8. The van der Waals surface area contributed by atoms with Crippen LogP contribution in [0.1, 0.15) is 24.2 Å². The third-order valence-corrected chi connectivity index (χ3v) is 2.59. The fraction of sp³-hybridized carbons (Fsp3) is 0.417. The van der Waals surface area contributed by atoms with Crippen molar-refractivity contribution in [3.05, 3.63) is 28.2 Å². The molecule has 0 saturated heterocycles. The molecule has 0 radical (unpaired) electrons. The number of benzene rings is 1. The van der Waals surface area contributed by atoms with Crippen LogP contribution in [0.15, 0.2) is 22.7 Å². The van der Waals surface area contributed by atoms with E-state index in [-0.39, 0.29) is 6.10 Å². The number of hydrogen-bond donors (Lipinski definition) is 1. The van der Waals surface area contributed by atoms with Crippen LogP contribution in [-0.4, -0.2) is 25.3 Å². The molecule has 4 nitrogen and oxygen atoms in total. The zero-order valence-corrected chi connectivity index (χ0v) is 11.5. The van der Waals surface area contributed by atoms with E-state index in [4.69, 9.17) is 15.2 Å². The number of anilines is 1. The number of carbonyl (C=O) groups excluding carboxylic acids is 1. The maximum absolute atomic E-state index is 11.8. The SMILES string of the molecule is CCOCC(C)OC(=O)c1ccc(Br)cc1N. The van der Waals surface area contributed by atoms with E-state index >= 15 is 0 Å². The Balaban J connectivity index is 2.63. The van der Waals surface area contributed by atoms with Crippen LogP contribution < -0.4 is 5.73 Å². The molecule has 0 aliphatic carbocycles. The van der Waals surface area contributed by atoms with Crippen molar-refractivity contribution in [2.24, 2.45) is 0 Å². The first-order valence-corrected chi connectivity index (χ1v) is 6.17. The van der Waals surface area contributed by atoms with Crippen LogP contribution in [-0.2, 0) is 9.47 Å². The topological polar surface area (TPSA) is 61.5 Å². The molecule has 0 heterocycles. The molecule has 0 aromatic heterocycles. The number of ether oxygens (including phenoxy) is 2. The second kappa shape index (κ2) is 6.61. The van der Waals surface area contributed by atoms with Crippen molar-refractivity contribution < 1.29 is 14.3 Å². The minimum atomic E-state index is -0.429. The lowest BCUT2D eigenvalue weighted by molar-refractivity contribution is 0.00449. The molecule has 0 spiro atoms. The third-order valence-electron chi connectivity index (χ3n) is 2.10. The molecule has 0 bridgehead atoms. The van der Waals surface area contributed by atoms with Gasteiger partial charge in [-0.2, -0.15) is 0 Å². The lowest BCUT2D eigenvalue weighted by Crippen LogP contribution is -2.21. The fourth-order valence-corrected chi connectivity index (χ4v) is 1.66. The monoisotopic (exact) mass is 301 g/mol. The fourth-order valence-electron chi connectivity index (χ4n) is 1.28. The first kappa shape index (κ1) is 14.0. The van der Waals surface area contributed by atoms with Gasteiger partial charge in [-0.1, -0.05) is 15.9 Å². The maximum Gasteiger partial charge on any atom is 0.340 e. The van der Waals surface area contributed by atoms with Crippen molar-refractivity contribution in [3.63, 3.8) is 0 Å². The average Bonchev–Trinajstić information content (AvgIpc) is 2.26. The van der Waals surface area contributed by atoms with Gasteiger partial charge in [0, 0.05) is 16.8 Å². The predicted octanol–water partition coefficient (Wildman–Crippen LogP) is 2.61. The van der Waals surface area contributed by atoms with Crippen LogP contribution in [0.4, 0.5) is 5.69 Å². The smallest absolute Gasteiger partial charge is 0.340 e. The minimum absolute atomic E-state index is 0.287. The summed E-state index contributed by atoms with van der Waals surface area (Å²) in [6.45, 7) is 4.66. The summed E-state index contributed by atoms with van der Waals surface area (Å²) in [6, 6.07) is 5.05. The number of nitrogen functional groups attached to an aromatic ring is 1. The number of carbonyl (C=O) groups is 1. The van der Waals surface area contributed by atoms with Crippen molar-refractivity contribution in [2.45, 2.75) is 20.0 Å². The Morgan fingerprint density at radius 3 is 2.82 bits per heavy atom. The van der Waals surface area contributed by atoms with Crippen LogP contribution in [0.2, 0.25) is 0 Å². The molecule has 1 rings (SSSR count). The Bertz CT molecular complexity index is 395. The van der Waals surface area contributed by atoms with Gasteiger partial charge in [0.15, 0.2) is 0 Å². The van der Waals surface area contributed by atoms with Crippen LogP contribution in [0.3, 0.4) is 0 Å². The van der Waals surface area contributed by atoms with Crippen molar-refractivity contribution in [2.75, 3.05) is 18.9 Å². The summed E-state index contributed by atoms with van der Waals surface area (Å²) in [7, 11) is 0. The largest absolute Gasteiger partial charge is 0.457 e. The Kier molecular flexibility index (Phi) is 5.44. The van der Waals surface area contributed by atoms with Crippen molar-refractivity contribution >= 4 is 27.6 Å². The standard InChI is InChI=1S/C12H16BrNO3/c1-3-16-7-8(2)17-12(15)10-5-4-9(13)6-11(10)14/h4-6,8H,3,7,14H2,1-2H3. The van der Waals surface area contributed by atoms with Gasteiger partial charge in [-0.25, -0.2) is 4.79 Å². The Morgan fingerprint density at radius 2 is 2.24 bits per heavy atom. The molecule has 2 N–H and O–H groups in total. The summed E-state index contributed by atoms with van der Waals surface area (Å²) in [4.78, 5) is 11.8.